The molecule has 31 heavy (non-hydrogen) atoms. The van der Waals surface area contributed by atoms with E-state index in [0.29, 0.717) is 10.7 Å². The molecule has 0 spiro atoms. The van der Waals surface area contributed by atoms with Crippen molar-refractivity contribution >= 4 is 80.2 Å². The van der Waals surface area contributed by atoms with Gasteiger partial charge in [-0.1, -0.05) is 51.4 Å². The van der Waals surface area contributed by atoms with Gasteiger partial charge in [-0.05, 0) is 84.5 Å². The van der Waals surface area contributed by atoms with E-state index in [1.54, 1.807) is 30.0 Å². The van der Waals surface area contributed by atoms with Gasteiger partial charge in [-0.15, -0.1) is 0 Å². The summed E-state index contributed by atoms with van der Waals surface area (Å²) in [7, 11) is 0. The summed E-state index contributed by atoms with van der Waals surface area (Å²) in [6.07, 6.45) is 1.57. The number of benzene rings is 3. The average molecular weight is 530 g/mol. The normalized spacial score (nSPS) is 15.4. The Balaban J connectivity index is 1.57. The third kappa shape index (κ3) is 5.07. The number of amides is 2. The van der Waals surface area contributed by atoms with Crippen molar-refractivity contribution in [3.05, 3.63) is 93.4 Å². The van der Waals surface area contributed by atoms with Gasteiger partial charge in [0.25, 0.3) is 11.8 Å². The van der Waals surface area contributed by atoms with E-state index in [0.717, 1.165) is 19.8 Å². The zero-order valence-corrected chi connectivity index (χ0v) is 19.8. The molecule has 0 unspecified atom stereocenters. The molecule has 1 N–H and O–H groups in total. The van der Waals surface area contributed by atoms with E-state index in [9.17, 15) is 9.59 Å². The van der Waals surface area contributed by atoms with Gasteiger partial charge < -0.3 is 0 Å². The largest absolute Gasteiger partial charge is 0.298 e. The van der Waals surface area contributed by atoms with Crippen molar-refractivity contribution in [2.24, 2.45) is 0 Å². The molecule has 3 aromatic rings. The second kappa shape index (κ2) is 9.36. The van der Waals surface area contributed by atoms with Crippen LogP contribution in [0.25, 0.3) is 6.08 Å². The Kier molecular flexibility index (Phi) is 6.57. The monoisotopic (exact) mass is 528 g/mol. The van der Waals surface area contributed by atoms with E-state index in [4.69, 9.17) is 23.8 Å². The average Bonchev–Trinajstić information content (AvgIpc) is 2.75. The molecule has 1 aliphatic rings. The van der Waals surface area contributed by atoms with Crippen LogP contribution in [0.2, 0.25) is 5.02 Å². The number of hydrogen-bond donors (Lipinski definition) is 1. The predicted molar refractivity (Wildman–Crippen MR) is 132 cm³/mol. The molecule has 2 amide bonds. The van der Waals surface area contributed by atoms with Crippen molar-refractivity contribution in [3.63, 3.8) is 0 Å². The summed E-state index contributed by atoms with van der Waals surface area (Å²) in [5.74, 6) is -0.973. The Morgan fingerprint density at radius 1 is 0.903 bits per heavy atom. The van der Waals surface area contributed by atoms with Crippen LogP contribution in [-0.4, -0.2) is 16.9 Å². The van der Waals surface area contributed by atoms with E-state index in [1.165, 1.54) is 4.90 Å². The van der Waals surface area contributed by atoms with Crippen molar-refractivity contribution in [1.29, 1.82) is 0 Å². The third-order valence-electron chi connectivity index (χ3n) is 4.43. The second-order valence-corrected chi connectivity index (χ2v) is 9.45. The maximum atomic E-state index is 13.1. The molecular formula is C23H14BrClN2O2S2. The number of anilines is 1. The van der Waals surface area contributed by atoms with E-state index < -0.39 is 11.8 Å². The first-order valence-corrected chi connectivity index (χ1v) is 11.5. The smallest absolute Gasteiger partial charge is 0.270 e. The van der Waals surface area contributed by atoms with Crippen molar-refractivity contribution in [2.75, 3.05) is 4.90 Å². The maximum Gasteiger partial charge on any atom is 0.270 e. The van der Waals surface area contributed by atoms with Gasteiger partial charge in [0.05, 0.1) is 5.69 Å². The van der Waals surface area contributed by atoms with Gasteiger partial charge in [0.15, 0.2) is 5.11 Å². The van der Waals surface area contributed by atoms with Crippen LogP contribution in [0.4, 0.5) is 5.69 Å². The fourth-order valence-corrected chi connectivity index (χ4v) is 4.41. The topological polar surface area (TPSA) is 49.4 Å². The Morgan fingerprint density at radius 3 is 2.10 bits per heavy atom. The highest BCUT2D eigenvalue weighted by atomic mass is 79.9. The zero-order valence-electron chi connectivity index (χ0n) is 15.8. The summed E-state index contributed by atoms with van der Waals surface area (Å²) < 4.78 is 0.878. The number of carbonyl (C=O) groups is 2. The van der Waals surface area contributed by atoms with E-state index in [1.807, 2.05) is 60.7 Å². The van der Waals surface area contributed by atoms with Crippen LogP contribution >= 0.6 is 51.5 Å². The maximum absolute atomic E-state index is 13.1. The highest BCUT2D eigenvalue weighted by Gasteiger charge is 2.34. The zero-order chi connectivity index (χ0) is 22.0. The summed E-state index contributed by atoms with van der Waals surface area (Å²) in [5.41, 5.74) is 1.34. The molecule has 0 aromatic heterocycles. The summed E-state index contributed by atoms with van der Waals surface area (Å²) in [6, 6.07) is 22.3. The number of nitrogens with zero attached hydrogens (tertiary/aromatic N) is 1. The molecule has 0 aliphatic carbocycles. The molecule has 4 rings (SSSR count). The van der Waals surface area contributed by atoms with Crippen molar-refractivity contribution in [1.82, 2.24) is 5.32 Å². The van der Waals surface area contributed by atoms with Gasteiger partial charge >= 0.3 is 0 Å². The second-order valence-electron chi connectivity index (χ2n) is 6.56. The molecular weight excluding hydrogens is 516 g/mol. The molecule has 0 radical (unpaired) electrons. The molecule has 1 heterocycles. The SMILES string of the molecule is O=C1NC(=S)N(c2ccc(Br)cc2)C(=O)/C1=C/c1ccc(Sc2ccc(Cl)cc2)cc1. The van der Waals surface area contributed by atoms with E-state index in [-0.39, 0.29) is 10.7 Å². The van der Waals surface area contributed by atoms with Crippen LogP contribution in [-0.2, 0) is 9.59 Å². The van der Waals surface area contributed by atoms with Crippen LogP contribution in [0.15, 0.2) is 92.6 Å². The van der Waals surface area contributed by atoms with Crippen molar-refractivity contribution in [2.45, 2.75) is 9.79 Å². The van der Waals surface area contributed by atoms with Gasteiger partial charge in [-0.2, -0.15) is 0 Å². The predicted octanol–water partition coefficient (Wildman–Crippen LogP) is 6.09. The van der Waals surface area contributed by atoms with Crippen molar-refractivity contribution in [3.8, 4) is 0 Å². The van der Waals surface area contributed by atoms with Crippen LogP contribution in [0.1, 0.15) is 5.56 Å². The lowest BCUT2D eigenvalue weighted by Crippen LogP contribution is -2.54. The number of hydrogen-bond acceptors (Lipinski definition) is 4. The highest BCUT2D eigenvalue weighted by Crippen LogP contribution is 2.29. The molecule has 8 heteroatoms. The lowest BCUT2D eigenvalue weighted by atomic mass is 10.1. The van der Waals surface area contributed by atoms with Crippen LogP contribution in [0.5, 0.6) is 0 Å². The first kappa shape index (κ1) is 21.8. The number of carbonyl (C=O) groups excluding carboxylic acids is 2. The van der Waals surface area contributed by atoms with E-state index >= 15 is 0 Å². The molecule has 0 atom stereocenters. The molecule has 154 valence electrons. The van der Waals surface area contributed by atoms with Crippen LogP contribution in [0, 0.1) is 0 Å². The lowest BCUT2D eigenvalue weighted by Gasteiger charge is -2.29. The third-order valence-corrected chi connectivity index (χ3v) is 6.51. The summed E-state index contributed by atoms with van der Waals surface area (Å²) in [5, 5.41) is 3.35. The first-order valence-electron chi connectivity index (χ1n) is 9.11. The minimum atomic E-state index is -0.511. The quantitative estimate of drug-likeness (QED) is 0.253. The van der Waals surface area contributed by atoms with Gasteiger partial charge in [0, 0.05) is 19.3 Å². The van der Waals surface area contributed by atoms with Gasteiger partial charge in [-0.25, -0.2) is 0 Å². The Labute approximate surface area is 202 Å². The number of halogens is 2. The van der Waals surface area contributed by atoms with Crippen molar-refractivity contribution < 1.29 is 9.59 Å². The first-order chi connectivity index (χ1) is 14.9. The van der Waals surface area contributed by atoms with Gasteiger partial charge in [-0.3, -0.25) is 19.8 Å². The summed E-state index contributed by atoms with van der Waals surface area (Å²) in [6.45, 7) is 0. The molecule has 1 aliphatic heterocycles. The van der Waals surface area contributed by atoms with E-state index in [2.05, 4.69) is 21.2 Å². The van der Waals surface area contributed by atoms with Gasteiger partial charge in [0.2, 0.25) is 0 Å². The Bertz CT molecular complexity index is 1190. The number of thiocarbonyl (C=S) groups is 1. The summed E-state index contributed by atoms with van der Waals surface area (Å²) in [4.78, 5) is 28.9. The number of rotatable bonds is 4. The molecule has 3 aromatic carbocycles. The van der Waals surface area contributed by atoms with Crippen LogP contribution < -0.4 is 10.2 Å². The standard InChI is InChI=1S/C23H14BrClN2O2S2/c24-15-3-7-17(8-4-15)27-22(29)20(21(28)26-23(27)30)13-14-1-9-18(10-2-14)31-19-11-5-16(25)6-12-19/h1-13H,(H,26,28,30)/b20-13+. The number of nitrogens with one attached hydrogen (secondary N) is 1. The highest BCUT2D eigenvalue weighted by molar-refractivity contribution is 9.10. The molecule has 1 fully saturated rings. The fraction of sp³-hybridized carbons (Fsp3) is 0. The van der Waals surface area contributed by atoms with Gasteiger partial charge in [0.1, 0.15) is 5.57 Å². The minimum absolute atomic E-state index is 0.0228. The Morgan fingerprint density at radius 2 is 1.48 bits per heavy atom. The molecule has 1 saturated heterocycles. The summed E-state index contributed by atoms with van der Waals surface area (Å²) >= 11 is 16.1. The Hall–Kier alpha value is -2.45. The molecule has 0 saturated carbocycles. The lowest BCUT2D eigenvalue weighted by molar-refractivity contribution is -0.122. The fourth-order valence-electron chi connectivity index (χ4n) is 2.92. The molecule has 0 bridgehead atoms. The molecule has 4 nitrogen and oxygen atoms in total. The van der Waals surface area contributed by atoms with Crippen LogP contribution in [0.3, 0.4) is 0 Å². The minimum Gasteiger partial charge on any atom is -0.298 e.